The monoisotopic (exact) mass is 635 g/mol. The van der Waals surface area contributed by atoms with Crippen molar-refractivity contribution < 1.29 is 33.7 Å². The quantitative estimate of drug-likeness (QED) is 0.0956. The van der Waals surface area contributed by atoms with Crippen molar-refractivity contribution >= 4 is 39.1 Å². The third-order valence-electron chi connectivity index (χ3n) is 7.83. The zero-order chi connectivity index (χ0) is 32.0. The van der Waals surface area contributed by atoms with Crippen LogP contribution in [0.15, 0.2) is 91.0 Å². The van der Waals surface area contributed by atoms with Gasteiger partial charge < -0.3 is 19.3 Å². The molecule has 0 unspecified atom stereocenters. The van der Waals surface area contributed by atoms with Crippen molar-refractivity contribution in [3.05, 3.63) is 108 Å². The second-order valence-electron chi connectivity index (χ2n) is 11.1. The zero-order valence-electron chi connectivity index (χ0n) is 25.4. The van der Waals surface area contributed by atoms with E-state index in [1.807, 2.05) is 12.1 Å². The molecule has 0 aliphatic carbocycles. The van der Waals surface area contributed by atoms with Crippen LogP contribution in [0.4, 0.5) is 0 Å². The molecule has 0 amide bonds. The highest BCUT2D eigenvalue weighted by molar-refractivity contribution is 7.22. The molecule has 1 fully saturated rings. The molecule has 5 aromatic rings. The lowest BCUT2D eigenvalue weighted by Gasteiger charge is -2.26. The summed E-state index contributed by atoms with van der Waals surface area (Å²) in [6, 6.07) is 25.4. The average molecular weight is 636 g/mol. The van der Waals surface area contributed by atoms with Crippen LogP contribution in [0.5, 0.6) is 23.0 Å². The maximum atomic E-state index is 14.0. The molecule has 1 saturated heterocycles. The van der Waals surface area contributed by atoms with E-state index in [4.69, 9.17) is 14.2 Å². The van der Waals surface area contributed by atoms with Gasteiger partial charge in [0.2, 0.25) is 0 Å². The van der Waals surface area contributed by atoms with Crippen molar-refractivity contribution in [3.8, 4) is 33.4 Å². The fourth-order valence-electron chi connectivity index (χ4n) is 5.55. The number of carbonyl (C=O) groups excluding carboxylic acids is 3. The van der Waals surface area contributed by atoms with Crippen LogP contribution in [-0.4, -0.2) is 54.0 Å². The number of ketones is 1. The molecule has 9 heteroatoms. The number of phenolic OH excluding ortho intramolecular Hbond substituents is 1. The van der Waals surface area contributed by atoms with E-state index >= 15 is 0 Å². The number of ether oxygens (including phenoxy) is 3. The Labute approximate surface area is 270 Å². The first-order chi connectivity index (χ1) is 22.4. The summed E-state index contributed by atoms with van der Waals surface area (Å²) in [5.41, 5.74) is 1.92. The van der Waals surface area contributed by atoms with E-state index in [-0.39, 0.29) is 28.6 Å². The fourth-order valence-corrected chi connectivity index (χ4v) is 6.79. The Balaban J connectivity index is 1.22. The van der Waals surface area contributed by atoms with E-state index in [2.05, 4.69) is 4.90 Å². The van der Waals surface area contributed by atoms with Crippen molar-refractivity contribution in [3.63, 3.8) is 0 Å². The second-order valence-corrected chi connectivity index (χ2v) is 12.1. The first-order valence-corrected chi connectivity index (χ1v) is 16.0. The lowest BCUT2D eigenvalue weighted by atomic mass is 9.97. The molecule has 8 nitrogen and oxygen atoms in total. The standard InChI is InChI=1S/C37H33NO7S/c1-24(39)44-32-8-4-3-7-30(32)37(42)45-29-16-11-26(12-17-29)36-34(31-18-13-27(40)23-33(31)46-36)35(41)25-9-14-28(15-10-25)43-22-21-38-19-5-2-6-20-38/h3-4,7-18,23,40H,2,5-6,19-22H2,1H3. The van der Waals surface area contributed by atoms with Gasteiger partial charge in [-0.3, -0.25) is 14.5 Å². The third-order valence-corrected chi connectivity index (χ3v) is 9.03. The van der Waals surface area contributed by atoms with E-state index in [1.165, 1.54) is 49.7 Å². The van der Waals surface area contributed by atoms with Gasteiger partial charge in [-0.1, -0.05) is 18.6 Å². The van der Waals surface area contributed by atoms with Gasteiger partial charge in [0, 0.05) is 39.6 Å². The molecule has 0 bridgehead atoms. The topological polar surface area (TPSA) is 102 Å². The fraction of sp³-hybridized carbons (Fsp3) is 0.216. The van der Waals surface area contributed by atoms with Gasteiger partial charge in [-0.2, -0.15) is 0 Å². The minimum Gasteiger partial charge on any atom is -0.508 e. The van der Waals surface area contributed by atoms with Crippen LogP contribution in [0, 0.1) is 0 Å². The number of carbonyl (C=O) groups is 3. The summed E-state index contributed by atoms with van der Waals surface area (Å²) in [5, 5.41) is 10.9. The maximum absolute atomic E-state index is 14.0. The number of hydrogen-bond acceptors (Lipinski definition) is 9. The molecule has 2 heterocycles. The van der Waals surface area contributed by atoms with Crippen molar-refractivity contribution in [1.82, 2.24) is 4.90 Å². The Kier molecular flexibility index (Phi) is 9.42. The van der Waals surface area contributed by atoms with Gasteiger partial charge in [0.15, 0.2) is 5.78 Å². The molecule has 0 radical (unpaired) electrons. The number of para-hydroxylation sites is 1. The number of rotatable bonds is 10. The molecule has 234 valence electrons. The number of likely N-dealkylation sites (tertiary alicyclic amines) is 1. The Hall–Kier alpha value is -4.99. The van der Waals surface area contributed by atoms with Crippen LogP contribution in [0.1, 0.15) is 52.5 Å². The number of esters is 2. The highest BCUT2D eigenvalue weighted by Crippen LogP contribution is 2.41. The van der Waals surface area contributed by atoms with Gasteiger partial charge in [0.05, 0.1) is 0 Å². The van der Waals surface area contributed by atoms with Crippen LogP contribution in [-0.2, 0) is 4.79 Å². The summed E-state index contributed by atoms with van der Waals surface area (Å²) in [5.74, 6) is -0.129. The Bertz CT molecular complexity index is 1870. The lowest BCUT2D eigenvalue weighted by Crippen LogP contribution is -2.33. The average Bonchev–Trinajstić information content (AvgIpc) is 3.44. The number of hydrogen-bond donors (Lipinski definition) is 1. The molecule has 0 spiro atoms. The van der Waals surface area contributed by atoms with Crippen LogP contribution in [0.3, 0.4) is 0 Å². The van der Waals surface area contributed by atoms with Gasteiger partial charge in [-0.05, 0) is 110 Å². The number of nitrogens with zero attached hydrogens (tertiary/aromatic N) is 1. The molecule has 6 rings (SSSR count). The maximum Gasteiger partial charge on any atom is 0.347 e. The Morgan fingerprint density at radius 1 is 0.826 bits per heavy atom. The van der Waals surface area contributed by atoms with E-state index in [0.29, 0.717) is 17.7 Å². The van der Waals surface area contributed by atoms with Crippen molar-refractivity contribution in [2.24, 2.45) is 0 Å². The summed E-state index contributed by atoms with van der Waals surface area (Å²) in [6.45, 7) is 4.98. The molecule has 0 atom stereocenters. The minimum atomic E-state index is -0.670. The van der Waals surface area contributed by atoms with E-state index in [0.717, 1.165) is 45.9 Å². The van der Waals surface area contributed by atoms with Crippen molar-refractivity contribution in [2.45, 2.75) is 26.2 Å². The molecule has 4 aromatic carbocycles. The molecule has 0 saturated carbocycles. The third kappa shape index (κ3) is 7.11. The molecular weight excluding hydrogens is 602 g/mol. The first-order valence-electron chi connectivity index (χ1n) is 15.2. The normalized spacial score (nSPS) is 13.3. The molecule has 1 aliphatic rings. The number of thiophene rings is 1. The first kappa shape index (κ1) is 31.0. The van der Waals surface area contributed by atoms with E-state index in [9.17, 15) is 19.5 Å². The molecule has 1 aromatic heterocycles. The van der Waals surface area contributed by atoms with Crippen molar-refractivity contribution in [2.75, 3.05) is 26.2 Å². The summed E-state index contributed by atoms with van der Waals surface area (Å²) in [7, 11) is 0. The van der Waals surface area contributed by atoms with Crippen LogP contribution < -0.4 is 14.2 Å². The molecule has 1 aliphatic heterocycles. The minimum absolute atomic E-state index is 0.113. The summed E-state index contributed by atoms with van der Waals surface area (Å²) < 4.78 is 17.4. The van der Waals surface area contributed by atoms with E-state index < -0.39 is 11.9 Å². The number of piperidine rings is 1. The Morgan fingerprint density at radius 2 is 1.54 bits per heavy atom. The predicted molar refractivity (Wildman–Crippen MR) is 177 cm³/mol. The number of phenols is 1. The van der Waals surface area contributed by atoms with Gasteiger partial charge in [0.25, 0.3) is 0 Å². The van der Waals surface area contributed by atoms with Crippen LogP contribution in [0.25, 0.3) is 20.5 Å². The smallest absolute Gasteiger partial charge is 0.347 e. The van der Waals surface area contributed by atoms with Gasteiger partial charge >= 0.3 is 11.9 Å². The highest BCUT2D eigenvalue weighted by Gasteiger charge is 2.23. The SMILES string of the molecule is CC(=O)Oc1ccccc1C(=O)Oc1ccc(-c2sc3cc(O)ccc3c2C(=O)c2ccc(OCCN3CCCCC3)cc2)cc1. The Morgan fingerprint density at radius 3 is 2.28 bits per heavy atom. The number of fused-ring (bicyclic) bond motifs is 1. The highest BCUT2D eigenvalue weighted by atomic mass is 32.1. The summed E-state index contributed by atoms with van der Waals surface area (Å²) >= 11 is 1.40. The molecule has 46 heavy (non-hydrogen) atoms. The zero-order valence-corrected chi connectivity index (χ0v) is 26.2. The van der Waals surface area contributed by atoms with Crippen LogP contribution >= 0.6 is 11.3 Å². The molecular formula is C37H33NO7S. The molecule has 1 N–H and O–H groups in total. The summed E-state index contributed by atoms with van der Waals surface area (Å²) in [6.07, 6.45) is 3.77. The van der Waals surface area contributed by atoms with Gasteiger partial charge in [-0.25, -0.2) is 4.79 Å². The van der Waals surface area contributed by atoms with Crippen molar-refractivity contribution in [1.29, 1.82) is 0 Å². The van der Waals surface area contributed by atoms with Gasteiger partial charge in [-0.15, -0.1) is 11.3 Å². The van der Waals surface area contributed by atoms with Gasteiger partial charge in [0.1, 0.15) is 35.2 Å². The number of benzene rings is 4. The second kappa shape index (κ2) is 14.0. The predicted octanol–water partition coefficient (Wildman–Crippen LogP) is 7.51. The number of aromatic hydroxyl groups is 1. The van der Waals surface area contributed by atoms with E-state index in [1.54, 1.807) is 66.7 Å². The lowest BCUT2D eigenvalue weighted by molar-refractivity contribution is -0.131. The summed E-state index contributed by atoms with van der Waals surface area (Å²) in [4.78, 5) is 41.5. The largest absolute Gasteiger partial charge is 0.508 e. The van der Waals surface area contributed by atoms with Crippen LogP contribution in [0.2, 0.25) is 0 Å².